The number of rotatable bonds is 0. The van der Waals surface area contributed by atoms with Gasteiger partial charge < -0.3 is 27.0 Å². The molecule has 1 fully saturated rings. The third-order valence-corrected chi connectivity index (χ3v) is 0.354. The third kappa shape index (κ3) is 413. The van der Waals surface area contributed by atoms with Crippen LogP contribution in [0.4, 0.5) is 0 Å². The van der Waals surface area contributed by atoms with Crippen molar-refractivity contribution in [2.24, 2.45) is 0 Å². The maximum atomic E-state index is 8.25. The first-order valence-electron chi connectivity index (χ1n) is 3.54. The standard InChI is InChI=1S/C3H6.2C2H6O.CH3O.ClH.Mg/c1-2-3-1;2*1-3-2;1-2;;/h1-3H2;2*1-2H3;1H3;1H;/q;;;-1;;+2/p-1. The Kier molecular flexibility index (Phi) is 117. The van der Waals surface area contributed by atoms with Gasteiger partial charge in [-0.05, 0) is 0 Å². The summed E-state index contributed by atoms with van der Waals surface area (Å²) >= 11 is 0. The molecule has 1 rings (SSSR count). The first kappa shape index (κ1) is 29.2. The minimum atomic E-state index is 0. The molecular formula is C8H21ClMgO3. The van der Waals surface area contributed by atoms with Crippen molar-refractivity contribution < 1.29 is 27.0 Å². The molecule has 1 saturated carbocycles. The molecule has 0 heterocycles. The Morgan fingerprint density at radius 2 is 0.846 bits per heavy atom. The van der Waals surface area contributed by atoms with Gasteiger partial charge in [0.2, 0.25) is 0 Å². The summed E-state index contributed by atoms with van der Waals surface area (Å²) in [6, 6.07) is 0. The molecule has 0 bridgehead atoms. The van der Waals surface area contributed by atoms with Crippen LogP contribution in [0.3, 0.4) is 0 Å². The SMILES string of the molecule is C1CC1.COC.COC.C[O-].[Cl-].[Mg+2]. The Labute approximate surface area is 105 Å². The van der Waals surface area contributed by atoms with Gasteiger partial charge in [0.1, 0.15) is 0 Å². The Balaban J connectivity index is -0.0000000211. The van der Waals surface area contributed by atoms with E-state index in [4.69, 9.17) is 5.11 Å². The molecule has 3 nitrogen and oxygen atoms in total. The van der Waals surface area contributed by atoms with E-state index in [1.54, 1.807) is 28.4 Å². The molecule has 0 radical (unpaired) electrons. The fourth-order valence-corrected chi connectivity index (χ4v) is 0. The molecule has 13 heavy (non-hydrogen) atoms. The van der Waals surface area contributed by atoms with Crippen LogP contribution in [0.5, 0.6) is 0 Å². The summed E-state index contributed by atoms with van der Waals surface area (Å²) in [7, 11) is 7.25. The van der Waals surface area contributed by atoms with Crippen molar-refractivity contribution in [3.8, 4) is 0 Å². The second-order valence-corrected chi connectivity index (χ2v) is 1.88. The predicted octanol–water partition coefficient (Wildman–Crippen LogP) is -2.70. The Morgan fingerprint density at radius 3 is 0.846 bits per heavy atom. The van der Waals surface area contributed by atoms with Crippen LogP contribution in [0.2, 0.25) is 0 Å². The summed E-state index contributed by atoms with van der Waals surface area (Å²) in [4.78, 5) is 0. The van der Waals surface area contributed by atoms with Crippen molar-refractivity contribution in [1.29, 1.82) is 0 Å². The zero-order chi connectivity index (χ0) is 9.54. The molecule has 0 unspecified atom stereocenters. The zero-order valence-electron chi connectivity index (χ0n) is 9.43. The maximum Gasteiger partial charge on any atom is 2.00 e. The van der Waals surface area contributed by atoms with Gasteiger partial charge in [0.05, 0.1) is 0 Å². The molecule has 0 amide bonds. The van der Waals surface area contributed by atoms with Crippen molar-refractivity contribution in [1.82, 2.24) is 0 Å². The van der Waals surface area contributed by atoms with E-state index in [9.17, 15) is 0 Å². The molecule has 0 atom stereocenters. The Hall–Kier alpha value is 0.936. The molecule has 0 aromatic heterocycles. The Morgan fingerprint density at radius 1 is 0.769 bits per heavy atom. The van der Waals surface area contributed by atoms with E-state index in [0.717, 1.165) is 7.11 Å². The second kappa shape index (κ2) is 52.3. The van der Waals surface area contributed by atoms with Crippen LogP contribution in [0.25, 0.3) is 0 Å². The molecule has 0 saturated heterocycles. The van der Waals surface area contributed by atoms with Crippen LogP contribution in [-0.2, 0) is 9.47 Å². The first-order chi connectivity index (χ1) is 5.33. The molecular weight excluding hydrogens is 204 g/mol. The average Bonchev–Trinajstić information content (AvgIpc) is 2.78. The van der Waals surface area contributed by atoms with E-state index in [1.807, 2.05) is 0 Å². The molecule has 0 aliphatic heterocycles. The summed E-state index contributed by atoms with van der Waals surface area (Å²) < 4.78 is 8.50. The number of halogens is 1. The second-order valence-electron chi connectivity index (χ2n) is 1.88. The smallest absolute Gasteiger partial charge is 1.00 e. The largest absolute Gasteiger partial charge is 2.00 e. The normalized spacial score (nSPS) is 8.77. The van der Waals surface area contributed by atoms with E-state index in [1.165, 1.54) is 19.3 Å². The van der Waals surface area contributed by atoms with Gasteiger partial charge in [-0.25, -0.2) is 0 Å². The minimum absolute atomic E-state index is 0. The summed E-state index contributed by atoms with van der Waals surface area (Å²) in [5.74, 6) is 0. The summed E-state index contributed by atoms with van der Waals surface area (Å²) in [6.07, 6.45) is 4.50. The first-order valence-corrected chi connectivity index (χ1v) is 3.54. The molecule has 0 spiro atoms. The van der Waals surface area contributed by atoms with Crippen LogP contribution in [0.1, 0.15) is 19.3 Å². The van der Waals surface area contributed by atoms with Crippen LogP contribution in [0.15, 0.2) is 0 Å². The molecule has 0 N–H and O–H groups in total. The van der Waals surface area contributed by atoms with Gasteiger partial charge in [-0.1, -0.05) is 19.3 Å². The van der Waals surface area contributed by atoms with Gasteiger partial charge in [-0.2, -0.15) is 7.11 Å². The number of hydrogen-bond donors (Lipinski definition) is 0. The quantitative estimate of drug-likeness (QED) is 0.421. The average molecular weight is 225 g/mol. The van der Waals surface area contributed by atoms with Gasteiger partial charge in [-0.15, -0.1) is 0 Å². The van der Waals surface area contributed by atoms with Crippen molar-refractivity contribution in [3.05, 3.63) is 0 Å². The molecule has 0 aromatic rings. The summed E-state index contributed by atoms with van der Waals surface area (Å²) in [5.41, 5.74) is 0. The van der Waals surface area contributed by atoms with Crippen LogP contribution in [-0.4, -0.2) is 58.6 Å². The molecule has 1 aliphatic rings. The van der Waals surface area contributed by atoms with Crippen molar-refractivity contribution in [3.63, 3.8) is 0 Å². The van der Waals surface area contributed by atoms with E-state index < -0.39 is 0 Å². The van der Waals surface area contributed by atoms with Gasteiger partial charge in [0, 0.05) is 28.4 Å². The van der Waals surface area contributed by atoms with Crippen LogP contribution < -0.4 is 17.5 Å². The van der Waals surface area contributed by atoms with Crippen molar-refractivity contribution >= 4 is 23.1 Å². The monoisotopic (exact) mass is 224 g/mol. The number of methoxy groups -OCH3 is 2. The third-order valence-electron chi connectivity index (χ3n) is 0.354. The molecule has 80 valence electrons. The number of ether oxygens (including phenoxy) is 2. The topological polar surface area (TPSA) is 41.5 Å². The summed E-state index contributed by atoms with van der Waals surface area (Å²) in [5, 5.41) is 8.25. The molecule has 0 aromatic carbocycles. The maximum absolute atomic E-state index is 8.25. The van der Waals surface area contributed by atoms with Gasteiger partial charge in [-0.3, -0.25) is 0 Å². The van der Waals surface area contributed by atoms with Gasteiger partial charge in [0.15, 0.2) is 0 Å². The van der Waals surface area contributed by atoms with E-state index in [2.05, 4.69) is 9.47 Å². The van der Waals surface area contributed by atoms with Crippen molar-refractivity contribution in [2.45, 2.75) is 19.3 Å². The Bertz CT molecular complexity index is 35.8. The fraction of sp³-hybridized carbons (Fsp3) is 1.00. The minimum Gasteiger partial charge on any atom is -1.00 e. The number of hydrogen-bond acceptors (Lipinski definition) is 3. The summed E-state index contributed by atoms with van der Waals surface area (Å²) in [6.45, 7) is 0. The predicted molar refractivity (Wildman–Crippen MR) is 51.4 cm³/mol. The zero-order valence-corrected chi connectivity index (χ0v) is 11.6. The van der Waals surface area contributed by atoms with E-state index in [-0.39, 0.29) is 35.5 Å². The molecule has 1 aliphatic carbocycles. The molecule has 5 heteroatoms. The van der Waals surface area contributed by atoms with Gasteiger partial charge >= 0.3 is 23.1 Å². The van der Waals surface area contributed by atoms with Gasteiger partial charge in [0.25, 0.3) is 0 Å². The van der Waals surface area contributed by atoms with E-state index in [0.29, 0.717) is 0 Å². The van der Waals surface area contributed by atoms with Crippen LogP contribution >= 0.6 is 0 Å². The van der Waals surface area contributed by atoms with Crippen LogP contribution in [0, 0.1) is 0 Å². The fourth-order valence-electron chi connectivity index (χ4n) is 0. The van der Waals surface area contributed by atoms with E-state index >= 15 is 0 Å². The van der Waals surface area contributed by atoms with Crippen molar-refractivity contribution in [2.75, 3.05) is 35.5 Å².